The van der Waals surface area contributed by atoms with Gasteiger partial charge in [-0.05, 0) is 24.1 Å². The lowest BCUT2D eigenvalue weighted by Gasteiger charge is -2.37. The second-order valence-corrected chi connectivity index (χ2v) is 7.66. The maximum Gasteiger partial charge on any atom is 0.253 e. The molecule has 1 spiro atoms. The highest BCUT2D eigenvalue weighted by molar-refractivity contribution is 6.05. The van der Waals surface area contributed by atoms with E-state index in [-0.39, 0.29) is 23.8 Å². The molecule has 0 bridgehead atoms. The highest BCUT2D eigenvalue weighted by Crippen LogP contribution is 2.33. The van der Waals surface area contributed by atoms with E-state index in [1.807, 2.05) is 17.0 Å². The van der Waals surface area contributed by atoms with Crippen molar-refractivity contribution in [3.05, 3.63) is 23.8 Å². The summed E-state index contributed by atoms with van der Waals surface area (Å²) in [4.78, 5) is 27.1. The molecule has 2 amide bonds. The van der Waals surface area contributed by atoms with Crippen LogP contribution in [0, 0.1) is 5.92 Å². The normalized spacial score (nSPS) is 24.9. The van der Waals surface area contributed by atoms with Crippen LogP contribution in [0.1, 0.15) is 43.5 Å². The Labute approximate surface area is 159 Å². The van der Waals surface area contributed by atoms with E-state index in [4.69, 9.17) is 9.47 Å². The molecule has 3 heterocycles. The van der Waals surface area contributed by atoms with E-state index in [9.17, 15) is 9.59 Å². The first-order valence-corrected chi connectivity index (χ1v) is 9.80. The lowest BCUT2D eigenvalue weighted by molar-refractivity contribution is -0.181. The number of fused-ring (bicyclic) bond motifs is 1. The number of hydrogen-bond acceptors (Lipinski definition) is 5. The van der Waals surface area contributed by atoms with Gasteiger partial charge in [-0.2, -0.15) is 0 Å². The lowest BCUT2D eigenvalue weighted by Crippen LogP contribution is -2.47. The second kappa shape index (κ2) is 7.13. The van der Waals surface area contributed by atoms with Crippen molar-refractivity contribution in [1.82, 2.24) is 4.90 Å². The van der Waals surface area contributed by atoms with Gasteiger partial charge in [-0.15, -0.1) is 0 Å². The first-order chi connectivity index (χ1) is 13.0. The zero-order valence-corrected chi connectivity index (χ0v) is 15.9. The van der Waals surface area contributed by atoms with Crippen LogP contribution in [0.3, 0.4) is 0 Å². The van der Waals surface area contributed by atoms with Crippen molar-refractivity contribution in [2.75, 3.05) is 36.9 Å². The van der Waals surface area contributed by atoms with E-state index in [0.29, 0.717) is 50.4 Å². The Balaban J connectivity index is 1.45. The lowest BCUT2D eigenvalue weighted by atomic mass is 9.95. The molecule has 3 aliphatic heterocycles. The summed E-state index contributed by atoms with van der Waals surface area (Å²) in [5, 5.41) is 6.26. The van der Waals surface area contributed by atoms with Gasteiger partial charge in [-0.25, -0.2) is 0 Å². The predicted molar refractivity (Wildman–Crippen MR) is 102 cm³/mol. The fourth-order valence-corrected chi connectivity index (χ4v) is 4.01. The van der Waals surface area contributed by atoms with Gasteiger partial charge in [0, 0.05) is 31.5 Å². The van der Waals surface area contributed by atoms with Gasteiger partial charge in [0.2, 0.25) is 5.91 Å². The third-order valence-corrected chi connectivity index (χ3v) is 5.96. The van der Waals surface area contributed by atoms with Crippen molar-refractivity contribution in [2.45, 2.75) is 44.9 Å². The number of hydrogen-bond donors (Lipinski definition) is 2. The van der Waals surface area contributed by atoms with Gasteiger partial charge in [0.1, 0.15) is 6.04 Å². The highest BCUT2D eigenvalue weighted by Gasteiger charge is 2.41. The smallest absolute Gasteiger partial charge is 0.253 e. The van der Waals surface area contributed by atoms with E-state index < -0.39 is 5.79 Å². The van der Waals surface area contributed by atoms with Crippen molar-refractivity contribution in [2.24, 2.45) is 5.92 Å². The van der Waals surface area contributed by atoms with Gasteiger partial charge in [-0.1, -0.05) is 20.3 Å². The SMILES string of the molecule is CCC(C)C1Nc2ccc(C(=O)N3CCC4(CC3)OCCO4)cc2NC1=O. The summed E-state index contributed by atoms with van der Waals surface area (Å²) in [6.45, 7) is 6.60. The van der Waals surface area contributed by atoms with Crippen molar-refractivity contribution in [3.63, 3.8) is 0 Å². The maximum absolute atomic E-state index is 12.9. The molecule has 2 fully saturated rings. The van der Waals surface area contributed by atoms with Gasteiger partial charge in [-0.3, -0.25) is 9.59 Å². The third kappa shape index (κ3) is 3.41. The zero-order valence-electron chi connectivity index (χ0n) is 15.9. The number of carbonyl (C=O) groups excluding carboxylic acids is 2. The van der Waals surface area contributed by atoms with Crippen LogP contribution in [0.4, 0.5) is 11.4 Å². The summed E-state index contributed by atoms with van der Waals surface area (Å²) in [6, 6.07) is 5.23. The average molecular weight is 373 g/mol. The van der Waals surface area contributed by atoms with Crippen LogP contribution in [0.25, 0.3) is 0 Å². The molecule has 2 atom stereocenters. The molecule has 7 heteroatoms. The Bertz CT molecular complexity index is 735. The minimum atomic E-state index is -0.491. The second-order valence-electron chi connectivity index (χ2n) is 7.66. The molecule has 27 heavy (non-hydrogen) atoms. The molecule has 7 nitrogen and oxygen atoms in total. The summed E-state index contributed by atoms with van der Waals surface area (Å²) in [5.41, 5.74) is 2.12. The number of piperidine rings is 1. The molecule has 1 aromatic rings. The summed E-state index contributed by atoms with van der Waals surface area (Å²) in [5.74, 6) is -0.323. The van der Waals surface area contributed by atoms with Crippen molar-refractivity contribution in [3.8, 4) is 0 Å². The molecule has 4 rings (SSSR count). The van der Waals surface area contributed by atoms with E-state index in [2.05, 4.69) is 24.5 Å². The Kier molecular flexibility index (Phi) is 4.82. The molecule has 0 aliphatic carbocycles. The molecule has 0 radical (unpaired) electrons. The van der Waals surface area contributed by atoms with Gasteiger partial charge >= 0.3 is 0 Å². The average Bonchev–Trinajstić information content (AvgIpc) is 3.14. The van der Waals surface area contributed by atoms with Crippen molar-refractivity contribution in [1.29, 1.82) is 0 Å². The van der Waals surface area contributed by atoms with Crippen LogP contribution in [-0.4, -0.2) is 54.8 Å². The Hall–Kier alpha value is -2.12. The summed E-state index contributed by atoms with van der Waals surface area (Å²) in [7, 11) is 0. The fraction of sp³-hybridized carbons (Fsp3) is 0.600. The molecule has 0 saturated carbocycles. The van der Waals surface area contributed by atoms with Gasteiger partial charge in [0.05, 0.1) is 24.6 Å². The summed E-state index contributed by atoms with van der Waals surface area (Å²) < 4.78 is 11.4. The molecule has 3 aliphatic rings. The van der Waals surface area contributed by atoms with Crippen LogP contribution in [0.15, 0.2) is 18.2 Å². The first-order valence-electron chi connectivity index (χ1n) is 9.80. The molecule has 146 valence electrons. The number of rotatable bonds is 3. The predicted octanol–water partition coefficient (Wildman–Crippen LogP) is 2.44. The largest absolute Gasteiger partial charge is 0.372 e. The molecule has 0 aromatic heterocycles. The Morgan fingerprint density at radius 2 is 1.96 bits per heavy atom. The summed E-state index contributed by atoms with van der Waals surface area (Å²) >= 11 is 0. The Morgan fingerprint density at radius 1 is 1.26 bits per heavy atom. The number of likely N-dealkylation sites (tertiary alicyclic amines) is 1. The van der Waals surface area contributed by atoms with Crippen LogP contribution in [0.2, 0.25) is 0 Å². The number of ether oxygens (including phenoxy) is 2. The van der Waals surface area contributed by atoms with Crippen molar-refractivity contribution >= 4 is 23.2 Å². The van der Waals surface area contributed by atoms with Crippen LogP contribution in [-0.2, 0) is 14.3 Å². The Morgan fingerprint density at radius 3 is 2.63 bits per heavy atom. The molecular formula is C20H27N3O4. The molecule has 2 unspecified atom stereocenters. The topological polar surface area (TPSA) is 79.9 Å². The van der Waals surface area contributed by atoms with E-state index in [0.717, 1.165) is 12.1 Å². The zero-order chi connectivity index (χ0) is 19.0. The number of nitrogens with one attached hydrogen (secondary N) is 2. The number of amides is 2. The first kappa shape index (κ1) is 18.3. The van der Waals surface area contributed by atoms with Crippen LogP contribution < -0.4 is 10.6 Å². The third-order valence-electron chi connectivity index (χ3n) is 5.96. The fourth-order valence-electron chi connectivity index (χ4n) is 4.01. The molecule has 1 aromatic carbocycles. The molecule has 2 saturated heterocycles. The standard InChI is InChI=1S/C20H27N3O4/c1-3-13(2)17-18(24)22-16-12-14(4-5-15(16)21-17)19(25)23-8-6-20(7-9-23)26-10-11-27-20/h4-5,12-13,17,21H,3,6-11H2,1-2H3,(H,22,24). The number of nitrogens with zero attached hydrogens (tertiary/aromatic N) is 1. The van der Waals surface area contributed by atoms with Crippen LogP contribution in [0.5, 0.6) is 0 Å². The minimum Gasteiger partial charge on any atom is -0.372 e. The minimum absolute atomic E-state index is 0.0241. The summed E-state index contributed by atoms with van der Waals surface area (Å²) in [6.07, 6.45) is 2.30. The number of carbonyl (C=O) groups is 2. The van der Waals surface area contributed by atoms with Gasteiger partial charge < -0.3 is 25.0 Å². The van der Waals surface area contributed by atoms with E-state index in [1.165, 1.54) is 0 Å². The monoisotopic (exact) mass is 373 g/mol. The molecular weight excluding hydrogens is 346 g/mol. The van der Waals surface area contributed by atoms with Gasteiger partial charge in [0.25, 0.3) is 5.91 Å². The van der Waals surface area contributed by atoms with Crippen molar-refractivity contribution < 1.29 is 19.1 Å². The van der Waals surface area contributed by atoms with Crippen LogP contribution >= 0.6 is 0 Å². The number of anilines is 2. The number of benzene rings is 1. The molecule has 2 N–H and O–H groups in total. The maximum atomic E-state index is 12.9. The highest BCUT2D eigenvalue weighted by atomic mass is 16.7. The van der Waals surface area contributed by atoms with Gasteiger partial charge in [0.15, 0.2) is 5.79 Å². The quantitative estimate of drug-likeness (QED) is 0.851. The van der Waals surface area contributed by atoms with E-state index >= 15 is 0 Å². The van der Waals surface area contributed by atoms with E-state index in [1.54, 1.807) is 6.07 Å².